The molecule has 12 heteroatoms. The van der Waals surface area contributed by atoms with Crippen molar-refractivity contribution in [3.05, 3.63) is 117 Å². The molecule has 258 valence electrons. The average molecular weight is 709 g/mol. The second kappa shape index (κ2) is 16.4. The molecule has 0 saturated carbocycles. The van der Waals surface area contributed by atoms with E-state index in [9.17, 15) is 9.59 Å². The molecule has 3 aliphatic heterocycles. The van der Waals surface area contributed by atoms with Crippen LogP contribution >= 0.6 is 23.2 Å². The smallest absolute Gasteiger partial charge is 0.414 e. The van der Waals surface area contributed by atoms with Crippen molar-refractivity contribution >= 4 is 41.0 Å². The maximum atomic E-state index is 13.8. The summed E-state index contributed by atoms with van der Waals surface area (Å²) in [5, 5.41) is 0.828. The first-order chi connectivity index (χ1) is 23.3. The minimum absolute atomic E-state index is 0. The summed E-state index contributed by atoms with van der Waals surface area (Å²) in [6.45, 7) is 3.08. The number of aromatic amines is 1. The van der Waals surface area contributed by atoms with Crippen molar-refractivity contribution in [2.45, 2.75) is 38.0 Å². The summed E-state index contributed by atoms with van der Waals surface area (Å²) < 4.78 is 23.2. The van der Waals surface area contributed by atoms with Crippen molar-refractivity contribution in [1.29, 1.82) is 0 Å². The van der Waals surface area contributed by atoms with Crippen LogP contribution in [-0.4, -0.2) is 62.4 Å². The van der Waals surface area contributed by atoms with Crippen molar-refractivity contribution in [2.75, 3.05) is 38.8 Å². The van der Waals surface area contributed by atoms with E-state index >= 15 is 0 Å². The van der Waals surface area contributed by atoms with Crippen molar-refractivity contribution in [3.8, 4) is 11.5 Å². The molecule has 7 rings (SSSR count). The summed E-state index contributed by atoms with van der Waals surface area (Å²) >= 11 is 13.0. The van der Waals surface area contributed by atoms with Crippen LogP contribution in [0.5, 0.6) is 11.5 Å². The van der Waals surface area contributed by atoms with Gasteiger partial charge in [-0.15, -0.1) is 0 Å². The number of rotatable bonds is 11. The first-order valence-electron chi connectivity index (χ1n) is 15.9. The number of fused-ring (bicyclic) bond motifs is 3. The number of nitrogens with one attached hydrogen (secondary N) is 1. The number of amides is 1. The molecule has 1 unspecified atom stereocenters. The SMILES string of the molecule is COc1ccc(C(Cc2c(Cl)c[nH+]cc2Cl)OC(=O)c2cccc(CN(C(=O)O[C@H]3CN4CCC3CC4)c3ccccc3)c2)cc1OC.[OH-]. The maximum absolute atomic E-state index is 13.8. The molecule has 4 aromatic rings. The van der Waals surface area contributed by atoms with E-state index in [2.05, 4.69) is 9.88 Å². The molecule has 0 radical (unpaired) electrons. The molecule has 3 aliphatic rings. The highest BCUT2D eigenvalue weighted by molar-refractivity contribution is 6.35. The number of para-hydroxylation sites is 1. The van der Waals surface area contributed by atoms with E-state index in [1.165, 1.54) is 0 Å². The van der Waals surface area contributed by atoms with Crippen LogP contribution in [0, 0.1) is 5.92 Å². The van der Waals surface area contributed by atoms with Crippen LogP contribution in [0.3, 0.4) is 0 Å². The molecule has 1 amide bonds. The average Bonchev–Trinajstić information content (AvgIpc) is 3.12. The molecule has 2 N–H and O–H groups in total. The lowest BCUT2D eigenvalue weighted by molar-refractivity contribution is -0.377. The number of anilines is 1. The molecule has 3 aromatic carbocycles. The third-order valence-corrected chi connectivity index (χ3v) is 9.73. The predicted molar refractivity (Wildman–Crippen MR) is 185 cm³/mol. The van der Waals surface area contributed by atoms with Crippen molar-refractivity contribution in [2.24, 2.45) is 5.92 Å². The van der Waals surface area contributed by atoms with Crippen LogP contribution in [0.15, 0.2) is 85.2 Å². The number of H-pyrrole nitrogens is 1. The molecular weight excluding hydrogens is 669 g/mol. The van der Waals surface area contributed by atoms with Gasteiger partial charge in [-0.3, -0.25) is 9.80 Å². The highest BCUT2D eigenvalue weighted by Crippen LogP contribution is 2.36. The quantitative estimate of drug-likeness (QED) is 0.152. The van der Waals surface area contributed by atoms with Gasteiger partial charge in [-0.1, -0.05) is 59.6 Å². The summed E-state index contributed by atoms with van der Waals surface area (Å²) in [4.78, 5) is 34.4. The van der Waals surface area contributed by atoms with Crippen LogP contribution in [-0.2, 0) is 22.4 Å². The van der Waals surface area contributed by atoms with Gasteiger partial charge in [0.1, 0.15) is 22.3 Å². The molecule has 2 bridgehead atoms. The fourth-order valence-electron chi connectivity index (χ4n) is 6.42. The van der Waals surface area contributed by atoms with E-state index in [0.29, 0.717) is 49.8 Å². The molecule has 4 heterocycles. The fourth-order valence-corrected chi connectivity index (χ4v) is 6.95. The number of piperidine rings is 3. The number of carbonyl (C=O) groups is 2. The number of ether oxygens (including phenoxy) is 4. The number of carbonyl (C=O) groups excluding carboxylic acids is 2. The Labute approximate surface area is 295 Å². The van der Waals surface area contributed by atoms with E-state index in [-0.39, 0.29) is 24.5 Å². The van der Waals surface area contributed by atoms with Crippen molar-refractivity contribution < 1.29 is 39.0 Å². The van der Waals surface area contributed by atoms with Crippen LogP contribution in [0.2, 0.25) is 10.0 Å². The predicted octanol–water partition coefficient (Wildman–Crippen LogP) is 7.03. The highest BCUT2D eigenvalue weighted by atomic mass is 35.5. The van der Waals surface area contributed by atoms with Gasteiger partial charge in [-0.25, -0.2) is 14.6 Å². The first-order valence-corrected chi connectivity index (χ1v) is 16.7. The summed E-state index contributed by atoms with van der Waals surface area (Å²) in [5.74, 6) is 0.863. The van der Waals surface area contributed by atoms with E-state index in [1.54, 1.807) is 61.8 Å². The molecule has 1 aromatic heterocycles. The Bertz CT molecular complexity index is 1730. The number of hydrogen-bond donors (Lipinski definition) is 0. The number of hydrogen-bond acceptors (Lipinski definition) is 8. The molecule has 10 nitrogen and oxygen atoms in total. The number of methoxy groups -OCH3 is 2. The van der Waals surface area contributed by atoms with Crippen LogP contribution in [0.1, 0.15) is 46.0 Å². The summed E-state index contributed by atoms with van der Waals surface area (Å²) in [6.07, 6.45) is 4.23. The van der Waals surface area contributed by atoms with E-state index < -0.39 is 18.2 Å². The molecule has 49 heavy (non-hydrogen) atoms. The second-order valence-corrected chi connectivity index (χ2v) is 12.8. The Morgan fingerprint density at radius 1 is 0.918 bits per heavy atom. The zero-order chi connectivity index (χ0) is 33.6. The standard InChI is InChI=1S/C37H37Cl2N3O6.H2O/c1-45-32-12-11-26(18-34(32)46-2)33(19-29-30(38)20-40-21-31(29)39)47-36(43)27-8-6-7-24(17-27)22-42(28-9-4-3-5-10-28)37(44)48-35-23-41-15-13-25(35)14-16-41;/h3-12,17-18,20-21,25,33,35H,13-16,19,22-23H2,1-2H3;1H2/t33?,35-;/m0./s1. The highest BCUT2D eigenvalue weighted by Gasteiger charge is 2.37. The number of nitrogens with zero attached hydrogens (tertiary/aromatic N) is 2. The molecule has 3 saturated heterocycles. The molecule has 0 spiro atoms. The Balaban J connectivity index is 0.00000468. The minimum Gasteiger partial charge on any atom is -0.870 e. The van der Waals surface area contributed by atoms with Crippen LogP contribution < -0.4 is 19.4 Å². The number of aromatic nitrogens is 1. The number of halogens is 2. The fraction of sp³-hybridized carbons (Fsp3) is 0.324. The lowest BCUT2D eigenvalue weighted by Crippen LogP contribution is -2.53. The Morgan fingerprint density at radius 2 is 1.63 bits per heavy atom. The number of benzene rings is 3. The summed E-state index contributed by atoms with van der Waals surface area (Å²) in [5.41, 5.74) is 3.07. The van der Waals surface area contributed by atoms with Gasteiger partial charge in [-0.2, -0.15) is 0 Å². The normalized spacial score (nSPS) is 18.5. The third-order valence-electron chi connectivity index (χ3n) is 9.05. The van der Waals surface area contributed by atoms with Gasteiger partial charge in [-0.05, 0) is 79.4 Å². The van der Waals surface area contributed by atoms with Crippen molar-refractivity contribution in [1.82, 2.24) is 4.90 Å². The topological polar surface area (TPSA) is 122 Å². The third kappa shape index (κ3) is 8.45. The van der Waals surface area contributed by atoms with Gasteiger partial charge in [0, 0.05) is 24.2 Å². The van der Waals surface area contributed by atoms with E-state index in [1.807, 2.05) is 42.5 Å². The Hall–Kier alpha value is -4.35. The van der Waals surface area contributed by atoms with Gasteiger partial charge < -0.3 is 24.4 Å². The monoisotopic (exact) mass is 707 g/mol. The Morgan fingerprint density at radius 3 is 2.29 bits per heavy atom. The lowest BCUT2D eigenvalue weighted by Gasteiger charge is -2.44. The Kier molecular flexibility index (Phi) is 12.0. The molecule has 3 fully saturated rings. The maximum Gasteiger partial charge on any atom is 0.414 e. The minimum atomic E-state index is -0.768. The van der Waals surface area contributed by atoms with Crippen LogP contribution in [0.4, 0.5) is 10.5 Å². The zero-order valence-corrected chi connectivity index (χ0v) is 28.8. The first kappa shape index (κ1) is 35.9. The van der Waals surface area contributed by atoms with E-state index in [0.717, 1.165) is 38.0 Å². The van der Waals surface area contributed by atoms with Gasteiger partial charge in [0.05, 0.1) is 26.3 Å². The van der Waals surface area contributed by atoms with Gasteiger partial charge in [0.25, 0.3) is 0 Å². The molecule has 0 aliphatic carbocycles. The molecule has 2 atom stereocenters. The number of esters is 1. The van der Waals surface area contributed by atoms with Crippen molar-refractivity contribution in [3.63, 3.8) is 0 Å². The van der Waals surface area contributed by atoms with Gasteiger partial charge in [0.2, 0.25) is 0 Å². The number of pyridine rings is 1. The van der Waals surface area contributed by atoms with Gasteiger partial charge in [0.15, 0.2) is 23.9 Å². The summed E-state index contributed by atoms with van der Waals surface area (Å²) in [6, 6.07) is 21.8. The second-order valence-electron chi connectivity index (χ2n) is 12.0. The summed E-state index contributed by atoms with van der Waals surface area (Å²) in [7, 11) is 3.10. The van der Waals surface area contributed by atoms with Gasteiger partial charge >= 0.3 is 12.1 Å². The largest absolute Gasteiger partial charge is 0.870 e. The lowest BCUT2D eigenvalue weighted by atomic mass is 9.86. The zero-order valence-electron chi connectivity index (χ0n) is 27.3. The molecular formula is C37H39Cl2N3O7. The van der Waals surface area contributed by atoms with Crippen LogP contribution in [0.25, 0.3) is 0 Å². The van der Waals surface area contributed by atoms with E-state index in [4.69, 9.17) is 42.1 Å².